The summed E-state index contributed by atoms with van der Waals surface area (Å²) in [6.45, 7) is 4.10. The van der Waals surface area contributed by atoms with Crippen LogP contribution in [0.5, 0.6) is 17.2 Å². The molecule has 0 atom stereocenters. The molecule has 152 valence electrons. The van der Waals surface area contributed by atoms with E-state index < -0.39 is 0 Å². The van der Waals surface area contributed by atoms with E-state index in [2.05, 4.69) is 10.3 Å². The minimum absolute atomic E-state index is 0.288. The van der Waals surface area contributed by atoms with Crippen LogP contribution in [-0.4, -0.2) is 25.1 Å². The van der Waals surface area contributed by atoms with Crippen molar-refractivity contribution in [1.29, 1.82) is 0 Å². The maximum atomic E-state index is 12.8. The molecule has 1 amide bonds. The molecule has 3 rings (SSSR count). The molecule has 1 aromatic heterocycles. The smallest absolute Gasteiger partial charge is 0.267 e. The number of hydrogen-bond acceptors (Lipinski definition) is 6. The third-order valence-electron chi connectivity index (χ3n) is 4.15. The quantitative estimate of drug-likeness (QED) is 0.551. The molecule has 29 heavy (non-hydrogen) atoms. The molecule has 6 nitrogen and oxygen atoms in total. The minimum Gasteiger partial charge on any atom is -0.495 e. The first-order valence-corrected chi connectivity index (χ1v) is 9.99. The van der Waals surface area contributed by atoms with Crippen molar-refractivity contribution in [2.45, 2.75) is 20.5 Å². The predicted octanol–water partition coefficient (Wildman–Crippen LogP) is 5.26. The number of nitrogens with one attached hydrogen (secondary N) is 1. The number of hydrogen-bond donors (Lipinski definition) is 1. The number of amides is 1. The Kier molecular flexibility index (Phi) is 6.61. The van der Waals surface area contributed by atoms with Crippen molar-refractivity contribution in [1.82, 2.24) is 4.98 Å². The maximum absolute atomic E-state index is 12.8. The van der Waals surface area contributed by atoms with Crippen LogP contribution in [0.15, 0.2) is 36.4 Å². The number of anilines is 1. The molecule has 2 aromatic carbocycles. The molecule has 0 radical (unpaired) electrons. The second kappa shape index (κ2) is 9.15. The van der Waals surface area contributed by atoms with Crippen molar-refractivity contribution in [3.05, 3.63) is 62.6 Å². The Bertz CT molecular complexity index is 1020. The lowest BCUT2D eigenvalue weighted by Gasteiger charge is -2.12. The number of carbonyl (C=O) groups is 1. The SMILES string of the molecule is COc1cc(NC(=O)c2sc(COc3ccc(C)cc3)nc2C)c(OC)cc1Cl. The summed E-state index contributed by atoms with van der Waals surface area (Å²) in [6.07, 6.45) is 0. The van der Waals surface area contributed by atoms with Crippen LogP contribution in [0.4, 0.5) is 5.69 Å². The summed E-state index contributed by atoms with van der Waals surface area (Å²) < 4.78 is 16.3. The first-order chi connectivity index (χ1) is 13.9. The molecule has 3 aromatic rings. The fourth-order valence-corrected chi connectivity index (χ4v) is 3.75. The molecular formula is C21H21ClN2O4S. The van der Waals surface area contributed by atoms with Crippen LogP contribution in [-0.2, 0) is 6.61 Å². The standard InChI is InChI=1S/C21H21ClN2O4S/c1-12-5-7-14(8-6-12)28-11-19-23-13(2)20(29-19)21(25)24-16-10-17(26-3)15(22)9-18(16)27-4/h5-10H,11H2,1-4H3,(H,24,25). The van der Waals surface area contributed by atoms with Gasteiger partial charge in [0.25, 0.3) is 5.91 Å². The molecule has 1 N–H and O–H groups in total. The first-order valence-electron chi connectivity index (χ1n) is 8.80. The largest absolute Gasteiger partial charge is 0.495 e. The summed E-state index contributed by atoms with van der Waals surface area (Å²) in [5.74, 6) is 1.35. The van der Waals surface area contributed by atoms with Gasteiger partial charge in [0.05, 0.1) is 30.6 Å². The zero-order valence-corrected chi connectivity index (χ0v) is 18.1. The molecule has 0 fully saturated rings. The van der Waals surface area contributed by atoms with Gasteiger partial charge in [0.15, 0.2) is 0 Å². The van der Waals surface area contributed by atoms with Gasteiger partial charge in [-0.25, -0.2) is 4.98 Å². The van der Waals surface area contributed by atoms with E-state index in [0.29, 0.717) is 44.4 Å². The normalized spacial score (nSPS) is 10.5. The summed E-state index contributed by atoms with van der Waals surface area (Å²) in [5, 5.41) is 3.95. The summed E-state index contributed by atoms with van der Waals surface area (Å²) in [7, 11) is 3.01. The van der Waals surface area contributed by atoms with Crippen LogP contribution in [0, 0.1) is 13.8 Å². The van der Waals surface area contributed by atoms with Crippen molar-refractivity contribution in [3.8, 4) is 17.2 Å². The van der Waals surface area contributed by atoms with Gasteiger partial charge in [-0.1, -0.05) is 29.3 Å². The van der Waals surface area contributed by atoms with Crippen molar-refractivity contribution >= 4 is 34.5 Å². The molecule has 0 bridgehead atoms. The van der Waals surface area contributed by atoms with Crippen LogP contribution in [0.1, 0.15) is 25.9 Å². The number of ether oxygens (including phenoxy) is 3. The zero-order chi connectivity index (χ0) is 21.0. The lowest BCUT2D eigenvalue weighted by atomic mass is 10.2. The average molecular weight is 433 g/mol. The van der Waals surface area contributed by atoms with E-state index in [1.54, 1.807) is 19.1 Å². The van der Waals surface area contributed by atoms with E-state index in [4.69, 9.17) is 25.8 Å². The van der Waals surface area contributed by atoms with Crippen molar-refractivity contribution in [2.75, 3.05) is 19.5 Å². The molecule has 0 aliphatic rings. The van der Waals surface area contributed by atoms with Gasteiger partial charge < -0.3 is 19.5 Å². The first kappa shape index (κ1) is 21.0. The number of benzene rings is 2. The number of methoxy groups -OCH3 is 2. The summed E-state index contributed by atoms with van der Waals surface area (Å²) in [6, 6.07) is 11.0. The number of rotatable bonds is 7. The average Bonchev–Trinajstić information content (AvgIpc) is 3.09. The highest BCUT2D eigenvalue weighted by Crippen LogP contribution is 2.36. The van der Waals surface area contributed by atoms with Gasteiger partial charge in [-0.15, -0.1) is 11.3 Å². The molecule has 0 unspecified atom stereocenters. The van der Waals surface area contributed by atoms with Crippen LogP contribution in [0.2, 0.25) is 5.02 Å². The van der Waals surface area contributed by atoms with E-state index in [9.17, 15) is 4.79 Å². The van der Waals surface area contributed by atoms with Crippen LogP contribution in [0.25, 0.3) is 0 Å². The highest BCUT2D eigenvalue weighted by molar-refractivity contribution is 7.13. The molecule has 0 saturated heterocycles. The van der Waals surface area contributed by atoms with E-state index in [-0.39, 0.29) is 5.91 Å². The third-order valence-corrected chi connectivity index (χ3v) is 5.58. The molecule has 0 saturated carbocycles. The van der Waals surface area contributed by atoms with Gasteiger partial charge in [-0.05, 0) is 26.0 Å². The number of nitrogens with zero attached hydrogens (tertiary/aromatic N) is 1. The second-order valence-corrected chi connectivity index (χ2v) is 7.76. The maximum Gasteiger partial charge on any atom is 0.267 e. The second-order valence-electron chi connectivity index (χ2n) is 6.27. The Labute approximate surface area is 178 Å². The van der Waals surface area contributed by atoms with Crippen molar-refractivity contribution in [2.24, 2.45) is 0 Å². The molecule has 0 aliphatic carbocycles. The topological polar surface area (TPSA) is 69.7 Å². The molecule has 0 spiro atoms. The molecule has 1 heterocycles. The Hall–Kier alpha value is -2.77. The van der Waals surface area contributed by atoms with Gasteiger partial charge >= 0.3 is 0 Å². The number of aryl methyl sites for hydroxylation is 2. The third kappa shape index (κ3) is 4.99. The zero-order valence-electron chi connectivity index (χ0n) is 16.5. The fourth-order valence-electron chi connectivity index (χ4n) is 2.64. The monoisotopic (exact) mass is 432 g/mol. The van der Waals surface area contributed by atoms with Gasteiger partial charge in [-0.3, -0.25) is 4.79 Å². The van der Waals surface area contributed by atoms with Gasteiger partial charge in [0, 0.05) is 12.1 Å². The van der Waals surface area contributed by atoms with E-state index in [1.165, 1.54) is 25.6 Å². The number of halogens is 1. The van der Waals surface area contributed by atoms with Crippen LogP contribution < -0.4 is 19.5 Å². The van der Waals surface area contributed by atoms with Crippen LogP contribution in [0.3, 0.4) is 0 Å². The summed E-state index contributed by atoms with van der Waals surface area (Å²) in [5.41, 5.74) is 2.26. The van der Waals surface area contributed by atoms with E-state index in [1.807, 2.05) is 31.2 Å². The summed E-state index contributed by atoms with van der Waals surface area (Å²) in [4.78, 5) is 17.8. The molecular weight excluding hydrogens is 412 g/mol. The summed E-state index contributed by atoms with van der Waals surface area (Å²) >= 11 is 7.41. The van der Waals surface area contributed by atoms with E-state index in [0.717, 1.165) is 11.3 Å². The highest BCUT2D eigenvalue weighted by Gasteiger charge is 2.19. The number of carbonyl (C=O) groups excluding carboxylic acids is 1. The number of aromatic nitrogens is 1. The lowest BCUT2D eigenvalue weighted by molar-refractivity contribution is 0.102. The van der Waals surface area contributed by atoms with Crippen molar-refractivity contribution < 1.29 is 19.0 Å². The Morgan fingerprint density at radius 2 is 1.79 bits per heavy atom. The van der Waals surface area contributed by atoms with Crippen LogP contribution >= 0.6 is 22.9 Å². The Balaban J connectivity index is 1.74. The number of thiazole rings is 1. The lowest BCUT2D eigenvalue weighted by Crippen LogP contribution is -2.12. The Morgan fingerprint density at radius 1 is 1.10 bits per heavy atom. The van der Waals surface area contributed by atoms with Gasteiger partial charge in [0.2, 0.25) is 0 Å². The predicted molar refractivity (Wildman–Crippen MR) is 115 cm³/mol. The van der Waals surface area contributed by atoms with E-state index >= 15 is 0 Å². The van der Waals surface area contributed by atoms with Gasteiger partial charge in [0.1, 0.15) is 33.7 Å². The highest BCUT2D eigenvalue weighted by atomic mass is 35.5. The molecule has 0 aliphatic heterocycles. The minimum atomic E-state index is -0.288. The molecule has 8 heteroatoms. The van der Waals surface area contributed by atoms with Gasteiger partial charge in [-0.2, -0.15) is 0 Å². The fraction of sp³-hybridized carbons (Fsp3) is 0.238. The Morgan fingerprint density at radius 3 is 2.45 bits per heavy atom. The van der Waals surface area contributed by atoms with Crippen molar-refractivity contribution in [3.63, 3.8) is 0 Å².